The number of ether oxygens (including phenoxy) is 1. The Morgan fingerprint density at radius 3 is 2.67 bits per heavy atom. The van der Waals surface area contributed by atoms with E-state index >= 15 is 0 Å². The van der Waals surface area contributed by atoms with Gasteiger partial charge in [0.25, 0.3) is 5.91 Å². The van der Waals surface area contributed by atoms with Gasteiger partial charge in [0, 0.05) is 37.3 Å². The molecular formula is C23H25FN4O2. The Hall–Kier alpha value is -3.06. The third-order valence-electron chi connectivity index (χ3n) is 5.22. The number of pyridine rings is 2. The Balaban J connectivity index is 1.42. The van der Waals surface area contributed by atoms with Gasteiger partial charge in [0.15, 0.2) is 0 Å². The number of hydrogen-bond acceptors (Lipinski definition) is 5. The van der Waals surface area contributed by atoms with Gasteiger partial charge in [-0.05, 0) is 50.6 Å². The lowest BCUT2D eigenvalue weighted by molar-refractivity contribution is -0.00546. The molecule has 1 saturated heterocycles. The summed E-state index contributed by atoms with van der Waals surface area (Å²) in [5.74, 6) is 0.351. The Morgan fingerprint density at radius 1 is 1.20 bits per heavy atom. The Kier molecular flexibility index (Phi) is 5.63. The van der Waals surface area contributed by atoms with Gasteiger partial charge >= 0.3 is 0 Å². The van der Waals surface area contributed by atoms with Crippen LogP contribution in [-0.4, -0.2) is 41.2 Å². The molecule has 2 unspecified atom stereocenters. The van der Waals surface area contributed by atoms with Gasteiger partial charge in [0.1, 0.15) is 11.6 Å². The van der Waals surface area contributed by atoms with Gasteiger partial charge in [0.2, 0.25) is 0 Å². The van der Waals surface area contributed by atoms with Crippen molar-refractivity contribution in [2.45, 2.75) is 39.5 Å². The van der Waals surface area contributed by atoms with E-state index in [9.17, 15) is 9.18 Å². The number of aryl methyl sites for hydroxylation is 1. The molecule has 0 bridgehead atoms. The summed E-state index contributed by atoms with van der Waals surface area (Å²) in [6.07, 6.45) is 2.13. The average Bonchev–Trinajstić information content (AvgIpc) is 2.71. The van der Waals surface area contributed by atoms with E-state index in [1.165, 1.54) is 12.1 Å². The normalized spacial score (nSPS) is 19.1. The predicted molar refractivity (Wildman–Crippen MR) is 114 cm³/mol. The molecule has 30 heavy (non-hydrogen) atoms. The summed E-state index contributed by atoms with van der Waals surface area (Å²) in [6, 6.07) is 10.1. The van der Waals surface area contributed by atoms with Crippen molar-refractivity contribution in [3.63, 3.8) is 0 Å². The highest BCUT2D eigenvalue weighted by Gasteiger charge is 2.23. The number of nitrogens with zero attached hydrogens (tertiary/aromatic N) is 3. The lowest BCUT2D eigenvalue weighted by Gasteiger charge is -2.36. The fourth-order valence-electron chi connectivity index (χ4n) is 3.82. The predicted octanol–water partition coefficient (Wildman–Crippen LogP) is 3.62. The van der Waals surface area contributed by atoms with Gasteiger partial charge in [-0.15, -0.1) is 0 Å². The molecule has 3 heterocycles. The number of aromatic nitrogens is 2. The zero-order chi connectivity index (χ0) is 21.3. The SMILES string of the molecule is Cc1nc2cc(F)ccc2cc1C(=O)NCc1ccc(N2CC(C)OC(C)C2)nc1. The molecule has 0 spiro atoms. The molecule has 156 valence electrons. The van der Waals surface area contributed by atoms with E-state index in [0.29, 0.717) is 23.3 Å². The summed E-state index contributed by atoms with van der Waals surface area (Å²) >= 11 is 0. The number of morpholine rings is 1. The molecule has 0 aliphatic carbocycles. The molecule has 1 aromatic carbocycles. The van der Waals surface area contributed by atoms with Crippen LogP contribution < -0.4 is 10.2 Å². The van der Waals surface area contributed by atoms with Crippen molar-refractivity contribution in [2.24, 2.45) is 0 Å². The second-order valence-corrected chi connectivity index (χ2v) is 7.83. The minimum atomic E-state index is -0.344. The zero-order valence-corrected chi connectivity index (χ0v) is 17.4. The van der Waals surface area contributed by atoms with Crippen molar-refractivity contribution in [1.82, 2.24) is 15.3 Å². The van der Waals surface area contributed by atoms with Crippen LogP contribution in [0.25, 0.3) is 10.9 Å². The minimum absolute atomic E-state index is 0.171. The number of anilines is 1. The van der Waals surface area contributed by atoms with E-state index in [2.05, 4.69) is 34.0 Å². The van der Waals surface area contributed by atoms with Crippen LogP contribution >= 0.6 is 0 Å². The van der Waals surface area contributed by atoms with Gasteiger partial charge in [-0.1, -0.05) is 6.07 Å². The number of rotatable bonds is 4. The summed E-state index contributed by atoms with van der Waals surface area (Å²) < 4.78 is 19.2. The van der Waals surface area contributed by atoms with Crippen LogP contribution in [0.1, 0.15) is 35.5 Å². The topological polar surface area (TPSA) is 67.4 Å². The molecular weight excluding hydrogens is 383 g/mol. The third-order valence-corrected chi connectivity index (χ3v) is 5.22. The summed E-state index contributed by atoms with van der Waals surface area (Å²) in [6.45, 7) is 7.86. The molecule has 6 nitrogen and oxygen atoms in total. The highest BCUT2D eigenvalue weighted by molar-refractivity contribution is 5.98. The maximum absolute atomic E-state index is 13.4. The summed E-state index contributed by atoms with van der Waals surface area (Å²) in [7, 11) is 0. The summed E-state index contributed by atoms with van der Waals surface area (Å²) in [4.78, 5) is 23.8. The first-order valence-corrected chi connectivity index (χ1v) is 10.1. The van der Waals surface area contributed by atoms with Crippen LogP contribution in [0.3, 0.4) is 0 Å². The second-order valence-electron chi connectivity index (χ2n) is 7.83. The fourth-order valence-corrected chi connectivity index (χ4v) is 3.82. The van der Waals surface area contributed by atoms with E-state index in [1.807, 2.05) is 12.1 Å². The van der Waals surface area contributed by atoms with E-state index in [-0.39, 0.29) is 23.9 Å². The number of amides is 1. The summed E-state index contributed by atoms with van der Waals surface area (Å²) in [5.41, 5.74) is 2.50. The zero-order valence-electron chi connectivity index (χ0n) is 17.4. The molecule has 1 aliphatic rings. The van der Waals surface area contributed by atoms with Crippen LogP contribution in [0.2, 0.25) is 0 Å². The minimum Gasteiger partial charge on any atom is -0.372 e. The van der Waals surface area contributed by atoms with Gasteiger partial charge in [-0.25, -0.2) is 9.37 Å². The number of benzene rings is 1. The Morgan fingerprint density at radius 2 is 1.97 bits per heavy atom. The molecule has 3 aromatic rings. The standard InChI is InChI=1S/C23H25FN4O2/c1-14-12-28(13-15(2)30-14)22-7-4-17(10-25-22)11-26-23(29)20-8-18-5-6-19(24)9-21(18)27-16(20)3/h4-10,14-15H,11-13H2,1-3H3,(H,26,29). The quantitative estimate of drug-likeness (QED) is 0.714. The van der Waals surface area contributed by atoms with Gasteiger partial charge in [-0.2, -0.15) is 0 Å². The van der Waals surface area contributed by atoms with Crippen LogP contribution in [0.5, 0.6) is 0 Å². The lowest BCUT2D eigenvalue weighted by atomic mass is 10.1. The van der Waals surface area contributed by atoms with E-state index < -0.39 is 0 Å². The van der Waals surface area contributed by atoms with Crippen molar-refractivity contribution in [1.29, 1.82) is 0 Å². The number of carbonyl (C=O) groups is 1. The van der Waals surface area contributed by atoms with E-state index in [0.717, 1.165) is 29.9 Å². The smallest absolute Gasteiger partial charge is 0.253 e. The molecule has 0 saturated carbocycles. The van der Waals surface area contributed by atoms with Crippen LogP contribution in [0.15, 0.2) is 42.6 Å². The van der Waals surface area contributed by atoms with Crippen molar-refractivity contribution in [3.05, 3.63) is 65.2 Å². The van der Waals surface area contributed by atoms with Gasteiger partial charge < -0.3 is 15.0 Å². The second kappa shape index (κ2) is 8.36. The first kappa shape index (κ1) is 20.2. The Bertz CT molecular complexity index is 1060. The number of hydrogen-bond donors (Lipinski definition) is 1. The van der Waals surface area contributed by atoms with Crippen molar-refractivity contribution in [3.8, 4) is 0 Å². The molecule has 1 fully saturated rings. The van der Waals surface area contributed by atoms with Crippen molar-refractivity contribution < 1.29 is 13.9 Å². The first-order valence-electron chi connectivity index (χ1n) is 10.1. The number of fused-ring (bicyclic) bond motifs is 1. The van der Waals surface area contributed by atoms with Crippen LogP contribution in [0, 0.1) is 12.7 Å². The Labute approximate surface area is 175 Å². The highest BCUT2D eigenvalue weighted by atomic mass is 19.1. The number of carbonyl (C=O) groups excluding carboxylic acids is 1. The van der Waals surface area contributed by atoms with E-state index in [4.69, 9.17) is 4.74 Å². The molecule has 1 amide bonds. The number of halogens is 1. The molecule has 7 heteroatoms. The molecule has 2 atom stereocenters. The van der Waals surface area contributed by atoms with Crippen molar-refractivity contribution in [2.75, 3.05) is 18.0 Å². The maximum Gasteiger partial charge on any atom is 0.253 e. The molecule has 1 aliphatic heterocycles. The molecule has 4 rings (SSSR count). The fraction of sp³-hybridized carbons (Fsp3) is 0.348. The molecule has 1 N–H and O–H groups in total. The monoisotopic (exact) mass is 408 g/mol. The highest BCUT2D eigenvalue weighted by Crippen LogP contribution is 2.19. The third kappa shape index (κ3) is 4.41. The van der Waals surface area contributed by atoms with Gasteiger partial charge in [-0.3, -0.25) is 9.78 Å². The first-order chi connectivity index (χ1) is 14.4. The largest absolute Gasteiger partial charge is 0.372 e. The van der Waals surface area contributed by atoms with E-state index in [1.54, 1.807) is 25.3 Å². The molecule has 0 radical (unpaired) electrons. The molecule has 2 aromatic heterocycles. The van der Waals surface area contributed by atoms with Crippen LogP contribution in [0.4, 0.5) is 10.2 Å². The maximum atomic E-state index is 13.4. The van der Waals surface area contributed by atoms with Crippen molar-refractivity contribution >= 4 is 22.6 Å². The van der Waals surface area contributed by atoms with Gasteiger partial charge in [0.05, 0.1) is 29.0 Å². The summed E-state index contributed by atoms with van der Waals surface area (Å²) in [5, 5.41) is 3.65. The number of nitrogens with one attached hydrogen (secondary N) is 1. The average molecular weight is 408 g/mol. The van der Waals surface area contributed by atoms with Crippen LogP contribution in [-0.2, 0) is 11.3 Å². The lowest BCUT2D eigenvalue weighted by Crippen LogP contribution is -2.45.